The van der Waals surface area contributed by atoms with E-state index in [-0.39, 0.29) is 5.97 Å². The van der Waals surface area contributed by atoms with Gasteiger partial charge in [0.25, 0.3) is 0 Å². The van der Waals surface area contributed by atoms with Crippen LogP contribution in [0.4, 0.5) is 0 Å². The average Bonchev–Trinajstić information content (AvgIpc) is 2.30. The number of nitrogens with zero attached hydrogens (tertiary/aromatic N) is 1. The molecule has 17 heavy (non-hydrogen) atoms. The smallest absolute Gasteiger partial charge is 0.325 e. The molecule has 0 amide bonds. The first-order valence-corrected chi connectivity index (χ1v) is 5.73. The molecule has 3 nitrogen and oxygen atoms in total. The third kappa shape index (κ3) is 3.30. The highest BCUT2D eigenvalue weighted by Gasteiger charge is 2.33. The molecule has 0 N–H and O–H groups in total. The monoisotopic (exact) mass is 235 g/mol. The summed E-state index contributed by atoms with van der Waals surface area (Å²) in [5, 5.41) is 0. The molecule has 0 radical (unpaired) electrons. The molecule has 3 heteroatoms. The van der Waals surface area contributed by atoms with Gasteiger partial charge in [-0.2, -0.15) is 0 Å². The van der Waals surface area contributed by atoms with Gasteiger partial charge >= 0.3 is 5.97 Å². The fourth-order valence-corrected chi connectivity index (χ4v) is 1.57. The average molecular weight is 235 g/mol. The number of likely N-dealkylation sites (N-methyl/N-ethyl adjacent to an activating group) is 1. The van der Waals surface area contributed by atoms with Gasteiger partial charge in [-0.05, 0) is 33.4 Å². The van der Waals surface area contributed by atoms with E-state index >= 15 is 0 Å². The summed E-state index contributed by atoms with van der Waals surface area (Å²) in [7, 11) is 3.35. The number of rotatable bonds is 4. The van der Waals surface area contributed by atoms with Crippen LogP contribution in [0.25, 0.3) is 0 Å². The van der Waals surface area contributed by atoms with E-state index in [1.54, 1.807) is 0 Å². The first kappa shape index (κ1) is 13.7. The van der Waals surface area contributed by atoms with Gasteiger partial charge in [0.1, 0.15) is 5.54 Å². The van der Waals surface area contributed by atoms with Gasteiger partial charge in [0, 0.05) is 6.54 Å². The minimum Gasteiger partial charge on any atom is -0.468 e. The molecule has 0 aliphatic heterocycles. The molecule has 1 aromatic carbocycles. The molecular formula is C14H21NO2. The highest BCUT2D eigenvalue weighted by atomic mass is 16.5. The van der Waals surface area contributed by atoms with E-state index in [0.29, 0.717) is 0 Å². The first-order valence-electron chi connectivity index (χ1n) is 5.73. The van der Waals surface area contributed by atoms with Crippen LogP contribution in [0.5, 0.6) is 0 Å². The van der Waals surface area contributed by atoms with Crippen molar-refractivity contribution in [2.24, 2.45) is 0 Å². The fourth-order valence-electron chi connectivity index (χ4n) is 1.57. The summed E-state index contributed by atoms with van der Waals surface area (Å²) in [6, 6.07) is 8.32. The van der Waals surface area contributed by atoms with E-state index in [2.05, 4.69) is 31.2 Å². The van der Waals surface area contributed by atoms with E-state index in [9.17, 15) is 4.79 Å². The molecule has 0 aliphatic carbocycles. The van der Waals surface area contributed by atoms with Crippen LogP contribution in [0.1, 0.15) is 25.0 Å². The molecule has 0 fully saturated rings. The minimum absolute atomic E-state index is 0.216. The summed E-state index contributed by atoms with van der Waals surface area (Å²) in [5.74, 6) is -0.216. The molecule has 0 aromatic heterocycles. The van der Waals surface area contributed by atoms with Crippen molar-refractivity contribution in [1.82, 2.24) is 4.90 Å². The molecule has 0 spiro atoms. The molecule has 0 saturated carbocycles. The zero-order chi connectivity index (χ0) is 13.1. The van der Waals surface area contributed by atoms with Gasteiger partial charge in [0.15, 0.2) is 0 Å². The Morgan fingerprint density at radius 2 is 1.82 bits per heavy atom. The Morgan fingerprint density at radius 1 is 1.29 bits per heavy atom. The second-order valence-corrected chi connectivity index (χ2v) is 4.89. The fraction of sp³-hybridized carbons (Fsp3) is 0.500. The SMILES string of the molecule is COC(=O)C(C)(C)N(C)Cc1ccc(C)cc1. The normalized spacial score (nSPS) is 11.6. The molecule has 0 saturated heterocycles. The third-order valence-corrected chi connectivity index (χ3v) is 3.18. The summed E-state index contributed by atoms with van der Waals surface area (Å²) < 4.78 is 4.81. The Bertz CT molecular complexity index is 382. The summed E-state index contributed by atoms with van der Waals surface area (Å²) in [6.07, 6.45) is 0. The van der Waals surface area contributed by atoms with Gasteiger partial charge in [0.05, 0.1) is 7.11 Å². The number of aryl methyl sites for hydroxylation is 1. The van der Waals surface area contributed by atoms with Gasteiger partial charge in [-0.3, -0.25) is 9.69 Å². The van der Waals surface area contributed by atoms with Gasteiger partial charge < -0.3 is 4.74 Å². The number of ether oxygens (including phenoxy) is 1. The molecule has 0 unspecified atom stereocenters. The van der Waals surface area contributed by atoms with E-state index in [0.717, 1.165) is 6.54 Å². The molecule has 0 aliphatic rings. The standard InChI is InChI=1S/C14H21NO2/c1-11-6-8-12(9-7-11)10-15(4)14(2,3)13(16)17-5/h6-9H,10H2,1-5H3. The minimum atomic E-state index is -0.611. The Morgan fingerprint density at radius 3 is 2.29 bits per heavy atom. The number of hydrogen-bond donors (Lipinski definition) is 0. The van der Waals surface area contributed by atoms with Crippen LogP contribution in [-0.2, 0) is 16.1 Å². The Labute approximate surface area is 103 Å². The lowest BCUT2D eigenvalue weighted by atomic mass is 10.0. The van der Waals surface area contributed by atoms with Crippen LogP contribution in [0, 0.1) is 6.92 Å². The van der Waals surface area contributed by atoms with E-state index in [1.807, 2.05) is 25.8 Å². The van der Waals surface area contributed by atoms with E-state index in [1.165, 1.54) is 18.2 Å². The highest BCUT2D eigenvalue weighted by molar-refractivity contribution is 5.79. The lowest BCUT2D eigenvalue weighted by Gasteiger charge is -2.32. The molecule has 1 aromatic rings. The van der Waals surface area contributed by atoms with Crippen molar-refractivity contribution >= 4 is 5.97 Å². The Balaban J connectivity index is 2.75. The van der Waals surface area contributed by atoms with Crippen molar-refractivity contribution < 1.29 is 9.53 Å². The molecular weight excluding hydrogens is 214 g/mol. The molecule has 0 atom stereocenters. The lowest BCUT2D eigenvalue weighted by molar-refractivity contribution is -0.152. The highest BCUT2D eigenvalue weighted by Crippen LogP contribution is 2.17. The molecule has 0 bridgehead atoms. The van der Waals surface area contributed by atoms with Crippen LogP contribution in [0.15, 0.2) is 24.3 Å². The van der Waals surface area contributed by atoms with Crippen molar-refractivity contribution in [3.05, 3.63) is 35.4 Å². The van der Waals surface area contributed by atoms with Crippen molar-refractivity contribution in [3.8, 4) is 0 Å². The number of carbonyl (C=O) groups is 1. The van der Waals surface area contributed by atoms with Gasteiger partial charge in [-0.1, -0.05) is 29.8 Å². The maximum atomic E-state index is 11.7. The second kappa shape index (κ2) is 5.32. The second-order valence-electron chi connectivity index (χ2n) is 4.89. The summed E-state index contributed by atoms with van der Waals surface area (Å²) in [6.45, 7) is 6.52. The number of benzene rings is 1. The predicted octanol–water partition coefficient (Wildman–Crippen LogP) is 2.38. The maximum absolute atomic E-state index is 11.7. The predicted molar refractivity (Wildman–Crippen MR) is 68.7 cm³/mol. The maximum Gasteiger partial charge on any atom is 0.325 e. The first-order chi connectivity index (χ1) is 7.87. The Kier molecular flexibility index (Phi) is 4.29. The van der Waals surface area contributed by atoms with Crippen LogP contribution in [0.3, 0.4) is 0 Å². The van der Waals surface area contributed by atoms with Gasteiger partial charge in [-0.25, -0.2) is 0 Å². The van der Waals surface area contributed by atoms with Crippen LogP contribution < -0.4 is 0 Å². The van der Waals surface area contributed by atoms with Crippen LogP contribution in [-0.4, -0.2) is 30.6 Å². The van der Waals surface area contributed by atoms with Crippen LogP contribution in [0.2, 0.25) is 0 Å². The summed E-state index contributed by atoms with van der Waals surface area (Å²) in [4.78, 5) is 13.6. The summed E-state index contributed by atoms with van der Waals surface area (Å²) in [5.41, 5.74) is 1.82. The van der Waals surface area contributed by atoms with Crippen molar-refractivity contribution in [1.29, 1.82) is 0 Å². The molecule has 1 rings (SSSR count). The molecule has 0 heterocycles. The van der Waals surface area contributed by atoms with E-state index in [4.69, 9.17) is 4.74 Å². The lowest BCUT2D eigenvalue weighted by Crippen LogP contribution is -2.48. The largest absolute Gasteiger partial charge is 0.468 e. The van der Waals surface area contributed by atoms with E-state index < -0.39 is 5.54 Å². The zero-order valence-electron chi connectivity index (χ0n) is 11.3. The zero-order valence-corrected chi connectivity index (χ0v) is 11.3. The van der Waals surface area contributed by atoms with Crippen molar-refractivity contribution in [2.75, 3.05) is 14.2 Å². The van der Waals surface area contributed by atoms with Gasteiger partial charge in [0.2, 0.25) is 0 Å². The Hall–Kier alpha value is -1.35. The number of hydrogen-bond acceptors (Lipinski definition) is 3. The number of methoxy groups -OCH3 is 1. The quantitative estimate of drug-likeness (QED) is 0.750. The van der Waals surface area contributed by atoms with Crippen molar-refractivity contribution in [3.63, 3.8) is 0 Å². The topological polar surface area (TPSA) is 29.5 Å². The third-order valence-electron chi connectivity index (χ3n) is 3.18. The van der Waals surface area contributed by atoms with Crippen LogP contribution >= 0.6 is 0 Å². The summed E-state index contributed by atoms with van der Waals surface area (Å²) >= 11 is 0. The van der Waals surface area contributed by atoms with Crippen molar-refractivity contribution in [2.45, 2.75) is 32.9 Å². The molecule has 94 valence electrons. The number of esters is 1. The van der Waals surface area contributed by atoms with Gasteiger partial charge in [-0.15, -0.1) is 0 Å². The number of carbonyl (C=O) groups excluding carboxylic acids is 1.